The number of hydroxylamine groups is 1. The molecule has 0 aromatic rings. The third-order valence-corrected chi connectivity index (χ3v) is 5.15. The smallest absolute Gasteiger partial charge is 0.268 e. The van der Waals surface area contributed by atoms with Crippen LogP contribution in [0.4, 0.5) is 0 Å². The summed E-state index contributed by atoms with van der Waals surface area (Å²) in [6.45, 7) is 0.0315. The van der Waals surface area contributed by atoms with Gasteiger partial charge in [0.05, 0.1) is 39.3 Å². The number of carbonyl (C=O) groups excluding carboxylic acids is 10. The van der Waals surface area contributed by atoms with Gasteiger partial charge in [-0.25, -0.2) is 5.01 Å². The second-order valence-electron chi connectivity index (χ2n) is 9.26. The van der Waals surface area contributed by atoms with E-state index in [1.54, 1.807) is 20.0 Å². The van der Waals surface area contributed by atoms with E-state index in [0.717, 1.165) is 5.01 Å². The molecule has 0 saturated carbocycles. The average molecular weight is 716 g/mol. The Labute approximate surface area is 286 Å². The van der Waals surface area contributed by atoms with Crippen LogP contribution < -0.4 is 48.3 Å². The quantitative estimate of drug-likeness (QED) is 0.0228. The fraction of sp³-hybridized carbons (Fsp3) is 0.481. The van der Waals surface area contributed by atoms with Crippen molar-refractivity contribution in [2.75, 3.05) is 59.7 Å². The highest BCUT2D eigenvalue weighted by Gasteiger charge is 2.22. The van der Waals surface area contributed by atoms with Gasteiger partial charge in [0, 0.05) is 25.1 Å². The number of hydrogen-bond acceptors (Lipinski definition) is 14. The van der Waals surface area contributed by atoms with E-state index < -0.39 is 29.5 Å². The van der Waals surface area contributed by atoms with E-state index in [-0.39, 0.29) is 95.6 Å². The summed E-state index contributed by atoms with van der Waals surface area (Å²) >= 11 is 0. The zero-order chi connectivity index (χ0) is 38.3. The van der Waals surface area contributed by atoms with Crippen molar-refractivity contribution in [3.05, 3.63) is 24.4 Å². The van der Waals surface area contributed by atoms with Crippen molar-refractivity contribution in [2.45, 2.75) is 26.2 Å². The Balaban J connectivity index is 0. The molecule has 0 fully saturated rings. The van der Waals surface area contributed by atoms with Crippen molar-refractivity contribution in [2.24, 2.45) is 5.73 Å². The average Bonchev–Trinajstić information content (AvgIpc) is 3.06. The fourth-order valence-corrected chi connectivity index (χ4v) is 2.79. The summed E-state index contributed by atoms with van der Waals surface area (Å²) in [7, 11) is 1.61. The highest BCUT2D eigenvalue weighted by atomic mass is 16.6. The number of likely N-dealkylation sites (N-methyl/N-ethyl adjacent to an activating group) is 1. The lowest BCUT2D eigenvalue weighted by molar-refractivity contribution is -0.229. The number of allylic oxidation sites excluding steroid dienone is 1. The maximum atomic E-state index is 11.4. The van der Waals surface area contributed by atoms with Gasteiger partial charge in [0.2, 0.25) is 47.3 Å². The number of carbonyl (C=O) groups is 10. The van der Waals surface area contributed by atoms with Crippen LogP contribution in [0.15, 0.2) is 24.4 Å². The first-order valence-electron chi connectivity index (χ1n) is 14.7. The minimum Gasteiger partial charge on any atom is -0.376 e. The van der Waals surface area contributed by atoms with Gasteiger partial charge in [-0.15, -0.1) is 0 Å². The lowest BCUT2D eigenvalue weighted by Crippen LogP contribution is -2.50. The van der Waals surface area contributed by atoms with Crippen LogP contribution in [0.2, 0.25) is 0 Å². The normalized spacial score (nSPS) is 11.0. The van der Waals surface area contributed by atoms with Crippen molar-refractivity contribution < 1.29 is 58.3 Å². The SMILES string of the molecule is C/C=C\C(=O)NCO.CNCC(=O)NCC(=O)NCN(O)N1C=CC1=O.NC(=O)CNC(=O)CNC(=O)CNC(=O)CCCC(=O)NCC=O. The van der Waals surface area contributed by atoms with Crippen molar-refractivity contribution in [1.29, 1.82) is 0 Å². The summed E-state index contributed by atoms with van der Waals surface area (Å²) in [5, 5.41) is 37.5. The first-order chi connectivity index (χ1) is 23.7. The van der Waals surface area contributed by atoms with Gasteiger partial charge in [-0.05, 0) is 26.5 Å². The second kappa shape index (κ2) is 29.4. The summed E-state index contributed by atoms with van der Waals surface area (Å²) in [4.78, 5) is 109. The first-order valence-corrected chi connectivity index (χ1v) is 14.7. The number of hydrazine groups is 1. The molecule has 0 aromatic carbocycles. The number of rotatable bonds is 21. The van der Waals surface area contributed by atoms with Crippen molar-refractivity contribution in [3.63, 3.8) is 0 Å². The van der Waals surface area contributed by atoms with Crippen molar-refractivity contribution in [1.82, 2.24) is 52.7 Å². The minimum absolute atomic E-state index is 0.0425. The largest absolute Gasteiger partial charge is 0.376 e. The van der Waals surface area contributed by atoms with Crippen molar-refractivity contribution in [3.8, 4) is 0 Å². The van der Waals surface area contributed by atoms with E-state index in [9.17, 15) is 53.2 Å². The van der Waals surface area contributed by atoms with Gasteiger partial charge in [-0.1, -0.05) is 11.2 Å². The standard InChI is InChI=1S/C13H21N5O6.C9H15N5O4.C5H9NO2/c14-9(20)6-16-12(23)8-18-13(24)7-17-11(22)3-1-2-10(21)15-4-5-19;1-10-4-7(15)11-5-8(16)12-6-14(18)13-3-2-9(13)17;1-2-3-5(8)6-4-7/h5H,1-4,6-8H2,(H2,14,20)(H,15,21)(H,16,23)(H,17,22)(H,18,24);2-3,10,18H,4-6H2,1H3,(H,11,15)(H,12,16);2-3,7H,4H2,1H3,(H,6,8)/b;;3-2-. The molecular formula is C27H45N11O12. The fourth-order valence-electron chi connectivity index (χ4n) is 2.79. The molecule has 9 amide bonds. The molecule has 23 heteroatoms. The minimum atomic E-state index is -0.707. The predicted molar refractivity (Wildman–Crippen MR) is 171 cm³/mol. The maximum absolute atomic E-state index is 11.4. The number of aliphatic hydroxyl groups is 1. The third kappa shape index (κ3) is 27.3. The molecule has 0 aliphatic carbocycles. The molecule has 50 heavy (non-hydrogen) atoms. The molecule has 23 nitrogen and oxygen atoms in total. The maximum Gasteiger partial charge on any atom is 0.268 e. The van der Waals surface area contributed by atoms with Gasteiger partial charge in [0.25, 0.3) is 5.91 Å². The van der Waals surface area contributed by atoms with Crippen LogP contribution in [-0.4, -0.2) is 140 Å². The Morgan fingerprint density at radius 2 is 1.28 bits per heavy atom. The molecule has 0 bridgehead atoms. The number of primary amides is 1. The van der Waals surface area contributed by atoms with Crippen LogP contribution >= 0.6 is 0 Å². The lowest BCUT2D eigenvalue weighted by Gasteiger charge is -2.29. The summed E-state index contributed by atoms with van der Waals surface area (Å²) in [6.07, 6.45) is 6.52. The second-order valence-corrected chi connectivity index (χ2v) is 9.26. The summed E-state index contributed by atoms with van der Waals surface area (Å²) in [5.74, 6) is -4.08. The molecule has 1 aliphatic rings. The Kier molecular flexibility index (Phi) is 27.2. The number of aliphatic hydroxyl groups excluding tert-OH is 1. The number of amides is 9. The Hall–Kier alpha value is -5.78. The Morgan fingerprint density at radius 3 is 1.72 bits per heavy atom. The van der Waals surface area contributed by atoms with Gasteiger partial charge in [-0.2, -0.15) is 0 Å². The molecule has 12 N–H and O–H groups in total. The predicted octanol–water partition coefficient (Wildman–Crippen LogP) is -6.71. The van der Waals surface area contributed by atoms with Gasteiger partial charge < -0.3 is 58.2 Å². The molecule has 1 rings (SSSR count). The van der Waals surface area contributed by atoms with Gasteiger partial charge >= 0.3 is 0 Å². The van der Waals surface area contributed by atoms with Crippen LogP contribution in [-0.2, 0) is 47.9 Å². The summed E-state index contributed by atoms with van der Waals surface area (Å²) in [5.41, 5.74) is 4.83. The van der Waals surface area contributed by atoms with Crippen LogP contribution in [0.1, 0.15) is 26.2 Å². The topological polar surface area (TPSA) is 340 Å². The monoisotopic (exact) mass is 715 g/mol. The molecule has 0 radical (unpaired) electrons. The lowest BCUT2D eigenvalue weighted by atomic mass is 10.2. The zero-order valence-corrected chi connectivity index (χ0v) is 27.6. The van der Waals surface area contributed by atoms with Gasteiger partial charge in [-0.3, -0.25) is 48.4 Å². The Bertz CT molecular complexity index is 1230. The molecule has 1 heterocycles. The number of aldehydes is 1. The van der Waals surface area contributed by atoms with Crippen LogP contribution in [0.5, 0.6) is 0 Å². The molecule has 0 atom stereocenters. The number of nitrogens with one attached hydrogen (secondary N) is 8. The molecule has 0 saturated heterocycles. The highest BCUT2D eigenvalue weighted by Crippen LogP contribution is 2.05. The van der Waals surface area contributed by atoms with E-state index in [2.05, 4.69) is 42.5 Å². The number of hydrogen-bond donors (Lipinski definition) is 11. The summed E-state index contributed by atoms with van der Waals surface area (Å²) in [6, 6.07) is 0. The molecule has 280 valence electrons. The molecular weight excluding hydrogens is 670 g/mol. The van der Waals surface area contributed by atoms with Crippen LogP contribution in [0.25, 0.3) is 0 Å². The zero-order valence-electron chi connectivity index (χ0n) is 27.6. The highest BCUT2D eigenvalue weighted by molar-refractivity contribution is 5.93. The van der Waals surface area contributed by atoms with Gasteiger partial charge in [0.1, 0.15) is 19.7 Å². The summed E-state index contributed by atoms with van der Waals surface area (Å²) < 4.78 is 0. The molecule has 0 aromatic heterocycles. The van der Waals surface area contributed by atoms with E-state index in [0.29, 0.717) is 11.5 Å². The third-order valence-electron chi connectivity index (χ3n) is 5.15. The van der Waals surface area contributed by atoms with E-state index in [1.807, 2.05) is 0 Å². The van der Waals surface area contributed by atoms with E-state index >= 15 is 0 Å². The Morgan fingerprint density at radius 1 is 0.780 bits per heavy atom. The van der Waals surface area contributed by atoms with E-state index in [1.165, 1.54) is 18.4 Å². The number of nitrogens with zero attached hydrogens (tertiary/aromatic N) is 2. The molecule has 0 unspecified atom stereocenters. The van der Waals surface area contributed by atoms with E-state index in [4.69, 9.17) is 10.8 Å². The van der Waals surface area contributed by atoms with Gasteiger partial charge in [0.15, 0.2) is 0 Å². The van der Waals surface area contributed by atoms with Crippen LogP contribution in [0, 0.1) is 0 Å². The van der Waals surface area contributed by atoms with Crippen molar-refractivity contribution >= 4 is 59.5 Å². The molecule has 1 aliphatic heterocycles. The van der Waals surface area contributed by atoms with Crippen LogP contribution in [0.3, 0.4) is 0 Å². The molecule has 0 spiro atoms. The number of nitrogens with two attached hydrogens (primary N) is 1. The first kappa shape index (κ1) is 46.3.